The van der Waals surface area contributed by atoms with E-state index in [0.717, 1.165) is 105 Å². The average Bonchev–Trinajstić information content (AvgIpc) is 1.49. The van der Waals surface area contributed by atoms with E-state index in [1.54, 1.807) is 0 Å². The van der Waals surface area contributed by atoms with Crippen molar-refractivity contribution in [2.75, 3.05) is 0 Å². The third-order valence-electron chi connectivity index (χ3n) is 24.5. The summed E-state index contributed by atoms with van der Waals surface area (Å²) in [5, 5.41) is 10.3. The molecule has 22 aromatic rings. The molecule has 25 rings (SSSR count). The van der Waals surface area contributed by atoms with E-state index in [4.69, 9.17) is 33.8 Å². The van der Waals surface area contributed by atoms with E-state index in [1.165, 1.54) is 105 Å². The van der Waals surface area contributed by atoms with Crippen LogP contribution >= 0.6 is 0 Å². The lowest BCUT2D eigenvalue weighted by Crippen LogP contribution is -2.26. The molecule has 532 valence electrons. The lowest BCUT2D eigenvalue weighted by atomic mass is 9.69. The molecule has 0 radical (unpaired) electrons. The van der Waals surface area contributed by atoms with Crippen molar-refractivity contribution in [2.45, 2.75) is 24.7 Å². The fourth-order valence-electron chi connectivity index (χ4n) is 19.7. The maximum Gasteiger partial charge on any atom is 0.167 e. The summed E-state index contributed by atoms with van der Waals surface area (Å²) >= 11 is 0. The van der Waals surface area contributed by atoms with Crippen LogP contribution in [-0.4, -0.2) is 34.1 Å². The molecule has 3 aliphatic carbocycles. The van der Waals surface area contributed by atoms with Gasteiger partial charge in [0.2, 0.25) is 0 Å². The molecule has 0 N–H and O–H groups in total. The van der Waals surface area contributed by atoms with Crippen LogP contribution in [0.4, 0.5) is 0 Å². The normalized spacial score (nSPS) is 13.3. The molecule has 9 heteroatoms. The van der Waals surface area contributed by atoms with Crippen LogP contribution in [0.2, 0.25) is 0 Å². The van der Waals surface area contributed by atoms with E-state index >= 15 is 0 Å². The first kappa shape index (κ1) is 63.9. The summed E-state index contributed by atoms with van der Waals surface area (Å²) in [4.78, 5) is 25.3. The van der Waals surface area contributed by atoms with Gasteiger partial charge in [-0.15, -0.1) is 0 Å². The molecular weight excluding hydrogens is 1390 g/mol. The number of furan rings is 2. The van der Waals surface area contributed by atoms with Crippen LogP contribution in [0.5, 0.6) is 0 Å². The van der Waals surface area contributed by atoms with E-state index in [0.29, 0.717) is 23.3 Å². The summed E-state index contributed by atoms with van der Waals surface area (Å²) in [6, 6.07) is 127. The van der Waals surface area contributed by atoms with Crippen LogP contribution in [0.3, 0.4) is 0 Å². The lowest BCUT2D eigenvalue weighted by molar-refractivity contribution is 0.666. The highest BCUT2D eigenvalue weighted by Gasteiger charge is 2.53. The Labute approximate surface area is 654 Å². The van der Waals surface area contributed by atoms with Gasteiger partial charge in [0.1, 0.15) is 22.3 Å². The molecule has 6 heterocycles. The van der Waals surface area contributed by atoms with Crippen molar-refractivity contribution in [2.24, 2.45) is 0 Å². The number of rotatable bonds is 7. The van der Waals surface area contributed by atoms with Gasteiger partial charge in [-0.05, 0) is 146 Å². The number of nitrogens with zero attached hydrogens (tertiary/aromatic N) is 7. The quantitative estimate of drug-likeness (QED) is 0.157. The zero-order valence-corrected chi connectivity index (χ0v) is 62.0. The van der Waals surface area contributed by atoms with Crippen molar-refractivity contribution >= 4 is 98.4 Å². The summed E-state index contributed by atoms with van der Waals surface area (Å²) in [6.45, 7) is 4.74. The Kier molecular flexibility index (Phi) is 13.6. The fourth-order valence-corrected chi connectivity index (χ4v) is 19.7. The van der Waals surface area contributed by atoms with Crippen LogP contribution in [0.25, 0.3) is 200 Å². The Hall–Kier alpha value is -14.9. The zero-order chi connectivity index (χ0) is 75.1. The van der Waals surface area contributed by atoms with Crippen molar-refractivity contribution < 1.29 is 8.83 Å². The van der Waals surface area contributed by atoms with Crippen LogP contribution in [0.1, 0.15) is 47.2 Å². The van der Waals surface area contributed by atoms with Gasteiger partial charge < -0.3 is 18.0 Å². The van der Waals surface area contributed by atoms with Crippen molar-refractivity contribution in [1.82, 2.24) is 34.1 Å². The molecule has 6 aromatic heterocycles. The Morgan fingerprint density at radius 3 is 1.17 bits per heavy atom. The Bertz CT molecular complexity index is 7720. The average molecular weight is 1460 g/mol. The molecule has 114 heavy (non-hydrogen) atoms. The summed E-state index contributed by atoms with van der Waals surface area (Å²) in [7, 11) is 0. The molecule has 0 saturated carbocycles. The first-order chi connectivity index (χ1) is 56.3. The molecule has 0 fully saturated rings. The van der Waals surface area contributed by atoms with Crippen LogP contribution in [0, 0.1) is 0 Å². The zero-order valence-electron chi connectivity index (χ0n) is 62.0. The van der Waals surface area contributed by atoms with Gasteiger partial charge in [-0.1, -0.05) is 293 Å². The van der Waals surface area contributed by atoms with E-state index in [9.17, 15) is 0 Å². The van der Waals surface area contributed by atoms with E-state index < -0.39 is 5.41 Å². The molecule has 0 atom stereocenters. The molecule has 3 aliphatic rings. The molecule has 0 amide bonds. The van der Waals surface area contributed by atoms with Gasteiger partial charge >= 0.3 is 0 Å². The monoisotopic (exact) mass is 1460 g/mol. The summed E-state index contributed by atoms with van der Waals surface area (Å²) < 4.78 is 18.3. The van der Waals surface area contributed by atoms with Gasteiger partial charge in [0, 0.05) is 82.0 Å². The number of fused-ring (bicyclic) bond motifs is 28. The number of hydrogen-bond acceptors (Lipinski definition) is 7. The van der Waals surface area contributed by atoms with E-state index in [1.807, 2.05) is 97.1 Å². The molecule has 9 nitrogen and oxygen atoms in total. The highest BCUT2D eigenvalue weighted by atomic mass is 16.3. The SMILES string of the molecule is CC1(C)c2ccccc2-c2ccc3c(c21)c1ccccc1n3-c1ccc2oc3c(-c4nc(-c5ccccc5)c5ccccc5n4)cccc3c2c1.c1ccc(-c2nc(-c3ccccc3)nc(-c3cccc4c3oc3ccc(-n5c6ccccc6c6c7c(ccc65)-c5ccccc5C75c6ccccc6-c6ccccc65)cc34)n2)cc1. The van der Waals surface area contributed by atoms with Gasteiger partial charge in [-0.25, -0.2) is 24.9 Å². The van der Waals surface area contributed by atoms with Gasteiger partial charge in [-0.2, -0.15) is 0 Å². The third-order valence-corrected chi connectivity index (χ3v) is 24.5. The molecule has 1 spiro atoms. The fraction of sp³-hybridized carbons (Fsp3) is 0.0381. The van der Waals surface area contributed by atoms with E-state index in [-0.39, 0.29) is 5.41 Å². The van der Waals surface area contributed by atoms with E-state index in [2.05, 4.69) is 284 Å². The smallest absolute Gasteiger partial charge is 0.167 e. The number of aromatic nitrogens is 7. The van der Waals surface area contributed by atoms with Crippen LogP contribution in [-0.2, 0) is 10.8 Å². The van der Waals surface area contributed by atoms with Crippen molar-refractivity contribution in [3.8, 4) is 102 Å². The predicted molar refractivity (Wildman–Crippen MR) is 464 cm³/mol. The summed E-state index contributed by atoms with van der Waals surface area (Å²) in [5.41, 5.74) is 31.9. The van der Waals surface area contributed by atoms with Crippen molar-refractivity contribution in [3.63, 3.8) is 0 Å². The largest absolute Gasteiger partial charge is 0.455 e. The topological polar surface area (TPSA) is 101 Å². The molecular formula is C105H65N7O2. The minimum Gasteiger partial charge on any atom is -0.455 e. The number of para-hydroxylation sites is 5. The molecule has 0 bridgehead atoms. The maximum atomic E-state index is 6.79. The standard InChI is InChI=1S/C58H34N4O.C47H31N3O/c1-3-16-35(17-4-1)55-59-56(36-18-5-2-6-19-36)61-57(60-55)44-25-15-24-42-45-34-37(30-33-51(45)63-54(42)44)62-49-29-14-10-23-43(49)52-50(62)32-31-41-40-22-9-13-28-48(40)58(53(41)52)46-26-11-7-20-38(46)39-21-8-12-27-47(39)58;1-47(2)37-20-9-6-15-30(37)31-24-25-40-42(43(31)47)34-17-8-11-22-39(34)50(40)29-23-26-41-36(27-29)32-18-12-19-35(45(32)51-41)46-48-38-21-10-7-16-33(38)44(49-46)28-13-4-3-5-14-28/h1-34H;3-27H,1-2H3. The third kappa shape index (κ3) is 9.08. The Balaban J connectivity index is 0.000000135. The second kappa shape index (κ2) is 24.3. The van der Waals surface area contributed by atoms with Crippen LogP contribution in [0.15, 0.2) is 367 Å². The highest BCUT2D eigenvalue weighted by Crippen LogP contribution is 2.65. The van der Waals surface area contributed by atoms with Crippen molar-refractivity contribution in [1.29, 1.82) is 0 Å². The Morgan fingerprint density at radius 1 is 0.254 bits per heavy atom. The number of benzene rings is 16. The highest BCUT2D eigenvalue weighted by molar-refractivity contribution is 6.19. The lowest BCUT2D eigenvalue weighted by Gasteiger charge is -2.31. The molecule has 0 saturated heterocycles. The van der Waals surface area contributed by atoms with Crippen LogP contribution < -0.4 is 0 Å². The Morgan fingerprint density at radius 2 is 0.640 bits per heavy atom. The second-order valence-electron chi connectivity index (χ2n) is 30.8. The first-order valence-corrected chi connectivity index (χ1v) is 39.0. The second-order valence-corrected chi connectivity index (χ2v) is 30.8. The molecule has 0 unspecified atom stereocenters. The summed E-state index contributed by atoms with van der Waals surface area (Å²) in [5.74, 6) is 2.44. The van der Waals surface area contributed by atoms with Gasteiger partial charge in [0.15, 0.2) is 23.3 Å². The minimum absolute atomic E-state index is 0.118. The molecule has 16 aromatic carbocycles. The summed E-state index contributed by atoms with van der Waals surface area (Å²) in [6.07, 6.45) is 0. The number of hydrogen-bond donors (Lipinski definition) is 0. The van der Waals surface area contributed by atoms with Gasteiger partial charge in [-0.3, -0.25) is 0 Å². The van der Waals surface area contributed by atoms with Gasteiger partial charge in [0.05, 0.1) is 49.8 Å². The minimum atomic E-state index is -0.468. The predicted octanol–water partition coefficient (Wildman–Crippen LogP) is 26.5. The maximum absolute atomic E-state index is 6.79. The molecule has 0 aliphatic heterocycles. The first-order valence-electron chi connectivity index (χ1n) is 39.0. The van der Waals surface area contributed by atoms with Gasteiger partial charge in [0.25, 0.3) is 0 Å². The van der Waals surface area contributed by atoms with Crippen molar-refractivity contribution in [3.05, 3.63) is 391 Å².